The monoisotopic (exact) mass is 381 g/mol. The summed E-state index contributed by atoms with van der Waals surface area (Å²) in [4.78, 5) is 26.1. The van der Waals surface area contributed by atoms with Gasteiger partial charge in [-0.3, -0.25) is 4.79 Å². The van der Waals surface area contributed by atoms with E-state index in [1.807, 2.05) is 49.5 Å². The van der Waals surface area contributed by atoms with E-state index >= 15 is 0 Å². The summed E-state index contributed by atoms with van der Waals surface area (Å²) in [7, 11) is 0. The summed E-state index contributed by atoms with van der Waals surface area (Å²) < 4.78 is 11.3. The summed E-state index contributed by atoms with van der Waals surface area (Å²) in [5, 5.41) is 0. The number of carbonyl (C=O) groups is 2. The molecule has 1 amide bonds. The molecule has 25 heavy (non-hydrogen) atoms. The first-order valence-corrected chi connectivity index (χ1v) is 10.6. The topological polar surface area (TPSA) is 55.8 Å². The Kier molecular flexibility index (Phi) is 6.30. The first kappa shape index (κ1) is 18.6. The van der Waals surface area contributed by atoms with Crippen molar-refractivity contribution in [3.63, 3.8) is 0 Å². The van der Waals surface area contributed by atoms with Crippen LogP contribution < -0.4 is 0 Å². The summed E-state index contributed by atoms with van der Waals surface area (Å²) in [5.74, 6) is 1.70. The normalized spacial score (nSPS) is 24.3. The van der Waals surface area contributed by atoms with Gasteiger partial charge in [-0.05, 0) is 31.5 Å². The number of carbonyl (C=O) groups excluding carboxylic acids is 2. The zero-order valence-electron chi connectivity index (χ0n) is 14.5. The van der Waals surface area contributed by atoms with Gasteiger partial charge in [-0.1, -0.05) is 12.1 Å². The van der Waals surface area contributed by atoms with E-state index in [1.165, 1.54) is 17.1 Å². The molecule has 2 fully saturated rings. The van der Waals surface area contributed by atoms with Crippen LogP contribution in [0.15, 0.2) is 24.3 Å². The van der Waals surface area contributed by atoms with Crippen LogP contribution in [0.1, 0.15) is 34.4 Å². The second-order valence-electron chi connectivity index (χ2n) is 6.33. The molecular formula is C18H23NO4S2. The van der Waals surface area contributed by atoms with Gasteiger partial charge in [0.25, 0.3) is 5.91 Å². The molecule has 0 spiro atoms. The number of hydrogen-bond donors (Lipinski definition) is 0. The minimum atomic E-state index is -0.457. The summed E-state index contributed by atoms with van der Waals surface area (Å²) in [6.07, 6.45) is 0.00421. The molecule has 1 aromatic rings. The third-order valence-corrected chi connectivity index (χ3v) is 7.24. The second kappa shape index (κ2) is 8.47. The van der Waals surface area contributed by atoms with Crippen molar-refractivity contribution >= 4 is 35.4 Å². The Labute approximate surface area is 156 Å². The van der Waals surface area contributed by atoms with E-state index in [0.717, 1.165) is 0 Å². The van der Waals surface area contributed by atoms with E-state index in [1.54, 1.807) is 17.0 Å². The predicted molar refractivity (Wildman–Crippen MR) is 101 cm³/mol. The van der Waals surface area contributed by atoms with Gasteiger partial charge in [0.15, 0.2) is 6.61 Å². The fourth-order valence-electron chi connectivity index (χ4n) is 3.01. The molecule has 2 aliphatic rings. The van der Waals surface area contributed by atoms with Crippen LogP contribution in [-0.2, 0) is 14.3 Å². The average Bonchev–Trinajstić information content (AvgIpc) is 3.13. The molecule has 2 saturated heterocycles. The Bertz CT molecular complexity index is 606. The van der Waals surface area contributed by atoms with Crippen molar-refractivity contribution in [2.75, 3.05) is 31.2 Å². The molecule has 0 aliphatic carbocycles. The molecule has 2 aliphatic heterocycles. The zero-order chi connectivity index (χ0) is 17.8. The maximum atomic E-state index is 12.2. The molecule has 2 heterocycles. The summed E-state index contributed by atoms with van der Waals surface area (Å²) >= 11 is 3.85. The highest BCUT2D eigenvalue weighted by atomic mass is 32.2. The smallest absolute Gasteiger partial charge is 0.338 e. The summed E-state index contributed by atoms with van der Waals surface area (Å²) in [6, 6.07) is 7.50. The van der Waals surface area contributed by atoms with Crippen molar-refractivity contribution in [3.05, 3.63) is 35.4 Å². The quantitative estimate of drug-likeness (QED) is 0.748. The molecule has 1 aromatic carbocycles. The van der Waals surface area contributed by atoms with E-state index in [4.69, 9.17) is 9.47 Å². The molecule has 3 rings (SSSR count). The van der Waals surface area contributed by atoms with Crippen molar-refractivity contribution < 1.29 is 19.1 Å². The first-order chi connectivity index (χ1) is 12.0. The number of rotatable bonds is 4. The maximum Gasteiger partial charge on any atom is 0.338 e. The lowest BCUT2D eigenvalue weighted by Gasteiger charge is -2.35. The van der Waals surface area contributed by atoms with Gasteiger partial charge >= 0.3 is 5.97 Å². The third kappa shape index (κ3) is 4.92. The van der Waals surface area contributed by atoms with Gasteiger partial charge in [0.2, 0.25) is 0 Å². The lowest BCUT2D eigenvalue weighted by atomic mass is 10.1. The molecular weight excluding hydrogens is 358 g/mol. The lowest BCUT2D eigenvalue weighted by molar-refractivity contribution is -0.146. The number of benzene rings is 1. The number of esters is 1. The molecule has 0 aromatic heterocycles. The molecule has 5 nitrogen and oxygen atoms in total. The summed E-state index contributed by atoms with van der Waals surface area (Å²) in [5.41, 5.74) is 1.70. The zero-order valence-corrected chi connectivity index (χ0v) is 16.1. The Balaban J connectivity index is 1.51. The van der Waals surface area contributed by atoms with Gasteiger partial charge in [0, 0.05) is 24.6 Å². The number of amides is 1. The van der Waals surface area contributed by atoms with Crippen LogP contribution in [-0.4, -0.2) is 60.2 Å². The third-order valence-electron chi connectivity index (χ3n) is 4.14. The number of ether oxygens (including phenoxy) is 2. The average molecular weight is 382 g/mol. The molecule has 7 heteroatoms. The fraction of sp³-hybridized carbons (Fsp3) is 0.556. The molecule has 0 saturated carbocycles. The Morgan fingerprint density at radius 1 is 1.12 bits per heavy atom. The lowest BCUT2D eigenvalue weighted by Crippen LogP contribution is -2.49. The van der Waals surface area contributed by atoms with Gasteiger partial charge in [-0.25, -0.2) is 4.79 Å². The van der Waals surface area contributed by atoms with Crippen LogP contribution in [0.4, 0.5) is 0 Å². The van der Waals surface area contributed by atoms with Gasteiger partial charge < -0.3 is 14.4 Å². The largest absolute Gasteiger partial charge is 0.452 e. The highest BCUT2D eigenvalue weighted by Crippen LogP contribution is 2.45. The number of nitrogens with zero attached hydrogens (tertiary/aromatic N) is 1. The first-order valence-electron chi connectivity index (χ1n) is 8.46. The van der Waals surface area contributed by atoms with Crippen molar-refractivity contribution in [1.82, 2.24) is 4.90 Å². The van der Waals surface area contributed by atoms with Crippen molar-refractivity contribution in [1.29, 1.82) is 0 Å². The molecule has 0 radical (unpaired) electrons. The van der Waals surface area contributed by atoms with Crippen LogP contribution in [0.5, 0.6) is 0 Å². The van der Waals surface area contributed by atoms with E-state index in [9.17, 15) is 9.59 Å². The Hall–Kier alpha value is -1.18. The van der Waals surface area contributed by atoms with Gasteiger partial charge in [-0.15, -0.1) is 23.5 Å². The van der Waals surface area contributed by atoms with Crippen molar-refractivity contribution in [3.8, 4) is 0 Å². The van der Waals surface area contributed by atoms with Gasteiger partial charge in [-0.2, -0.15) is 0 Å². The maximum absolute atomic E-state index is 12.2. The van der Waals surface area contributed by atoms with Gasteiger partial charge in [0.05, 0.1) is 22.4 Å². The molecule has 136 valence electrons. The highest BCUT2D eigenvalue weighted by molar-refractivity contribution is 8.19. The summed E-state index contributed by atoms with van der Waals surface area (Å²) in [6.45, 7) is 4.71. The van der Waals surface area contributed by atoms with Crippen molar-refractivity contribution in [2.45, 2.75) is 30.6 Å². The minimum absolute atomic E-state index is 0.00210. The molecule has 2 atom stereocenters. The van der Waals surface area contributed by atoms with Crippen LogP contribution in [0, 0.1) is 0 Å². The second-order valence-corrected chi connectivity index (χ2v) is 9.05. The van der Waals surface area contributed by atoms with E-state index in [-0.39, 0.29) is 24.7 Å². The van der Waals surface area contributed by atoms with Crippen LogP contribution in [0.2, 0.25) is 0 Å². The standard InChI is InChI=1S/C18H23NO4S2/c1-12-9-19(10-13(2)23-12)16(20)11-22-17(21)14-3-5-15(6-4-14)18-24-7-8-25-18/h3-6,12-13,18H,7-11H2,1-2H3/t12-,13-/m0/s1. The van der Waals surface area contributed by atoms with Crippen LogP contribution in [0.25, 0.3) is 0 Å². The molecule has 0 unspecified atom stereocenters. The Morgan fingerprint density at radius 2 is 1.72 bits per heavy atom. The van der Waals surface area contributed by atoms with E-state index < -0.39 is 5.97 Å². The van der Waals surface area contributed by atoms with E-state index in [2.05, 4.69) is 0 Å². The van der Waals surface area contributed by atoms with Crippen LogP contribution >= 0.6 is 23.5 Å². The van der Waals surface area contributed by atoms with Gasteiger partial charge in [0.1, 0.15) is 0 Å². The minimum Gasteiger partial charge on any atom is -0.452 e. The number of hydrogen-bond acceptors (Lipinski definition) is 6. The van der Waals surface area contributed by atoms with E-state index in [0.29, 0.717) is 23.2 Å². The fourth-order valence-corrected chi connectivity index (χ4v) is 5.87. The number of thioether (sulfide) groups is 2. The number of morpholine rings is 1. The van der Waals surface area contributed by atoms with Crippen molar-refractivity contribution in [2.24, 2.45) is 0 Å². The molecule has 0 bridgehead atoms. The Morgan fingerprint density at radius 3 is 2.32 bits per heavy atom. The SMILES string of the molecule is C[C@H]1CN(C(=O)COC(=O)c2ccc(C3SCCS3)cc2)C[C@H](C)O1. The van der Waals surface area contributed by atoms with Crippen LogP contribution in [0.3, 0.4) is 0 Å². The molecule has 0 N–H and O–H groups in total. The highest BCUT2D eigenvalue weighted by Gasteiger charge is 2.26. The predicted octanol–water partition coefficient (Wildman–Crippen LogP) is 2.96.